The van der Waals surface area contributed by atoms with Crippen LogP contribution in [0.2, 0.25) is 0 Å². The summed E-state index contributed by atoms with van der Waals surface area (Å²) >= 11 is 1.96. The largest absolute Gasteiger partial charge is 0.435 e. The van der Waals surface area contributed by atoms with Crippen LogP contribution in [0, 0.1) is 0 Å². The van der Waals surface area contributed by atoms with Crippen molar-refractivity contribution in [3.05, 3.63) is 34.8 Å². The molecule has 0 N–H and O–H groups in total. The molecule has 2 aliphatic rings. The van der Waals surface area contributed by atoms with Crippen molar-refractivity contribution in [3.63, 3.8) is 0 Å². The Hall–Kier alpha value is -1.35. The van der Waals surface area contributed by atoms with E-state index in [4.69, 9.17) is 4.74 Å². The highest BCUT2D eigenvalue weighted by Crippen LogP contribution is 2.37. The molecule has 0 spiro atoms. The molecule has 1 aromatic carbocycles. The van der Waals surface area contributed by atoms with E-state index >= 15 is 0 Å². The number of hydrogen-bond donors (Lipinski definition) is 0. The number of aryl methyl sites for hydroxylation is 1. The average Bonchev–Trinajstić information content (AvgIpc) is 2.78. The number of hydrogen-bond acceptors (Lipinski definition) is 2. The van der Waals surface area contributed by atoms with E-state index in [1.807, 2.05) is 17.4 Å². The first-order valence-electron chi connectivity index (χ1n) is 6.20. The molecule has 2 heterocycles. The van der Waals surface area contributed by atoms with E-state index < -0.39 is 0 Å². The summed E-state index contributed by atoms with van der Waals surface area (Å²) in [5, 5.41) is 1.39. The van der Waals surface area contributed by atoms with E-state index in [1.54, 1.807) is 4.88 Å². The minimum atomic E-state index is 0.693. The van der Waals surface area contributed by atoms with Gasteiger partial charge in [-0.05, 0) is 31.4 Å². The number of thiazole rings is 1. The first-order chi connectivity index (χ1) is 8.43. The number of fused-ring (bicyclic) bond motifs is 5. The second-order valence-electron chi connectivity index (χ2n) is 4.68. The molecule has 1 aromatic heterocycles. The molecular weight excluding hydrogens is 230 g/mol. The lowest BCUT2D eigenvalue weighted by atomic mass is 10.0. The molecule has 86 valence electrons. The molecular formula is C14H14NOS+. The van der Waals surface area contributed by atoms with Gasteiger partial charge >= 0.3 is 0 Å². The quantitative estimate of drug-likeness (QED) is 0.649. The van der Waals surface area contributed by atoms with Gasteiger partial charge in [0.15, 0.2) is 5.69 Å². The number of benzene rings is 1. The van der Waals surface area contributed by atoms with E-state index in [9.17, 15) is 0 Å². The van der Waals surface area contributed by atoms with Crippen LogP contribution >= 0.6 is 11.3 Å². The Morgan fingerprint density at radius 2 is 2.00 bits per heavy atom. The summed E-state index contributed by atoms with van der Waals surface area (Å²) in [7, 11) is 0. The lowest BCUT2D eigenvalue weighted by Crippen LogP contribution is -2.43. The lowest BCUT2D eigenvalue weighted by molar-refractivity contribution is -0.720. The van der Waals surface area contributed by atoms with Crippen LogP contribution in [0.4, 0.5) is 0 Å². The smallest absolute Gasteiger partial charge is 0.293 e. The normalized spacial score (nSPS) is 16.7. The third kappa shape index (κ3) is 1.35. The minimum Gasteiger partial charge on any atom is -0.435 e. The lowest BCUT2D eigenvalue weighted by Gasteiger charge is -2.13. The van der Waals surface area contributed by atoms with E-state index in [2.05, 4.69) is 22.8 Å². The first-order valence-corrected chi connectivity index (χ1v) is 7.02. The standard InChI is InChI=1S/C14H14NOS/c1-3-7-12-10(5-1)14-15(9-16-12)11-6-2-4-8-13(11)17-14/h1,3,5,7H,2,4,6,8-9H2/q+1. The molecule has 0 radical (unpaired) electrons. The van der Waals surface area contributed by atoms with E-state index in [1.165, 1.54) is 41.9 Å². The molecule has 1 aliphatic carbocycles. The zero-order chi connectivity index (χ0) is 11.2. The van der Waals surface area contributed by atoms with Gasteiger partial charge in [0.1, 0.15) is 5.75 Å². The number of ether oxygens (including phenoxy) is 1. The van der Waals surface area contributed by atoms with Crippen molar-refractivity contribution in [1.29, 1.82) is 0 Å². The Balaban J connectivity index is 1.96. The highest BCUT2D eigenvalue weighted by Gasteiger charge is 2.33. The molecule has 0 bridgehead atoms. The van der Waals surface area contributed by atoms with Gasteiger partial charge in [-0.15, -0.1) is 4.57 Å². The van der Waals surface area contributed by atoms with Crippen LogP contribution in [-0.4, -0.2) is 0 Å². The maximum Gasteiger partial charge on any atom is 0.293 e. The average molecular weight is 244 g/mol. The zero-order valence-corrected chi connectivity index (χ0v) is 10.4. The number of nitrogens with zero attached hydrogens (tertiary/aromatic N) is 1. The summed E-state index contributed by atoms with van der Waals surface area (Å²) in [4.78, 5) is 1.58. The van der Waals surface area contributed by atoms with Crippen molar-refractivity contribution < 1.29 is 9.30 Å². The Bertz CT molecular complexity index is 588. The van der Waals surface area contributed by atoms with E-state index in [-0.39, 0.29) is 0 Å². The van der Waals surface area contributed by atoms with Gasteiger partial charge in [-0.3, -0.25) is 0 Å². The summed E-state index contributed by atoms with van der Waals surface area (Å²) in [5.41, 5.74) is 2.78. The van der Waals surface area contributed by atoms with Crippen LogP contribution in [0.15, 0.2) is 24.3 Å². The molecule has 0 fully saturated rings. The van der Waals surface area contributed by atoms with Gasteiger partial charge < -0.3 is 4.74 Å². The summed E-state index contributed by atoms with van der Waals surface area (Å²) in [6.07, 6.45) is 5.14. The maximum atomic E-state index is 5.84. The van der Waals surface area contributed by atoms with Crippen molar-refractivity contribution in [2.75, 3.05) is 0 Å². The topological polar surface area (TPSA) is 13.1 Å². The minimum absolute atomic E-state index is 0.693. The zero-order valence-electron chi connectivity index (χ0n) is 9.61. The van der Waals surface area contributed by atoms with Crippen LogP contribution in [0.3, 0.4) is 0 Å². The molecule has 0 saturated carbocycles. The van der Waals surface area contributed by atoms with Crippen LogP contribution in [-0.2, 0) is 19.6 Å². The SMILES string of the molecule is c1ccc2c(c1)OC[n+]1c-2sc2c1CCCC2. The predicted octanol–water partition coefficient (Wildman–Crippen LogP) is 2.93. The van der Waals surface area contributed by atoms with Crippen molar-refractivity contribution in [1.82, 2.24) is 0 Å². The number of para-hydroxylation sites is 1. The molecule has 4 rings (SSSR count). The van der Waals surface area contributed by atoms with Gasteiger partial charge in [-0.1, -0.05) is 23.5 Å². The fourth-order valence-corrected chi connectivity index (χ4v) is 4.15. The van der Waals surface area contributed by atoms with Crippen LogP contribution in [0.1, 0.15) is 23.4 Å². The van der Waals surface area contributed by atoms with Crippen LogP contribution in [0.5, 0.6) is 5.75 Å². The molecule has 0 saturated heterocycles. The summed E-state index contributed by atoms with van der Waals surface area (Å²) in [5.74, 6) is 1.03. The fourth-order valence-electron chi connectivity index (χ4n) is 2.79. The monoisotopic (exact) mass is 244 g/mol. The summed E-state index contributed by atoms with van der Waals surface area (Å²) < 4.78 is 8.22. The molecule has 17 heavy (non-hydrogen) atoms. The number of rotatable bonds is 0. The van der Waals surface area contributed by atoms with Crippen LogP contribution in [0.25, 0.3) is 10.6 Å². The van der Waals surface area contributed by atoms with Crippen molar-refractivity contribution in [3.8, 4) is 16.3 Å². The predicted molar refractivity (Wildman–Crippen MR) is 67.2 cm³/mol. The third-order valence-corrected chi connectivity index (χ3v) is 4.97. The van der Waals surface area contributed by atoms with Gasteiger partial charge in [-0.2, -0.15) is 0 Å². The van der Waals surface area contributed by atoms with Crippen molar-refractivity contribution >= 4 is 11.3 Å². The molecule has 0 atom stereocenters. The van der Waals surface area contributed by atoms with Crippen molar-refractivity contribution in [2.45, 2.75) is 32.4 Å². The maximum absolute atomic E-state index is 5.84. The fraction of sp³-hybridized carbons (Fsp3) is 0.357. The molecule has 1 aliphatic heterocycles. The Morgan fingerprint density at radius 3 is 3.00 bits per heavy atom. The highest BCUT2D eigenvalue weighted by atomic mass is 32.1. The molecule has 3 heteroatoms. The molecule has 2 nitrogen and oxygen atoms in total. The second-order valence-corrected chi connectivity index (χ2v) is 5.77. The van der Waals surface area contributed by atoms with Gasteiger partial charge in [0, 0.05) is 6.42 Å². The third-order valence-electron chi connectivity index (χ3n) is 3.65. The first kappa shape index (κ1) is 9.66. The van der Waals surface area contributed by atoms with Gasteiger partial charge in [0.05, 0.1) is 10.4 Å². The molecule has 2 aromatic rings. The molecule has 0 amide bonds. The summed E-state index contributed by atoms with van der Waals surface area (Å²) in [6.45, 7) is 0.693. The highest BCUT2D eigenvalue weighted by molar-refractivity contribution is 7.14. The van der Waals surface area contributed by atoms with Gasteiger partial charge in [0.25, 0.3) is 11.7 Å². The van der Waals surface area contributed by atoms with Crippen molar-refractivity contribution in [2.24, 2.45) is 0 Å². The summed E-state index contributed by atoms with van der Waals surface area (Å²) in [6, 6.07) is 8.37. The van der Waals surface area contributed by atoms with Gasteiger partial charge in [0.2, 0.25) is 0 Å². The number of aromatic nitrogens is 1. The Kier molecular flexibility index (Phi) is 2.03. The molecule has 0 unspecified atom stereocenters. The van der Waals surface area contributed by atoms with Gasteiger partial charge in [-0.25, -0.2) is 0 Å². The Labute approximate surface area is 104 Å². The second kappa shape index (κ2) is 3.57. The van der Waals surface area contributed by atoms with E-state index in [0.29, 0.717) is 6.73 Å². The van der Waals surface area contributed by atoms with E-state index in [0.717, 1.165) is 5.75 Å². The Morgan fingerprint density at radius 1 is 1.12 bits per heavy atom. The van der Waals surface area contributed by atoms with Crippen LogP contribution < -0.4 is 9.30 Å².